The van der Waals surface area contributed by atoms with Crippen molar-refractivity contribution in [2.24, 2.45) is 5.41 Å². The van der Waals surface area contributed by atoms with E-state index >= 15 is 0 Å². The van der Waals surface area contributed by atoms with Gasteiger partial charge in [-0.15, -0.1) is 0 Å². The number of carbonyl (C=O) groups excluding carboxylic acids is 2. The lowest BCUT2D eigenvalue weighted by atomic mass is 9.82. The van der Waals surface area contributed by atoms with Crippen molar-refractivity contribution >= 4 is 11.7 Å². The summed E-state index contributed by atoms with van der Waals surface area (Å²) < 4.78 is 5.20. The van der Waals surface area contributed by atoms with Gasteiger partial charge in [0.1, 0.15) is 0 Å². The normalized spacial score (nSPS) is 17.0. The number of rotatable bonds is 5. The number of phenols is 1. The van der Waals surface area contributed by atoms with Gasteiger partial charge in [0.2, 0.25) is 0 Å². The maximum atomic E-state index is 13.1. The van der Waals surface area contributed by atoms with E-state index in [1.54, 1.807) is 32.9 Å². The Morgan fingerprint density at radius 2 is 1.76 bits per heavy atom. The van der Waals surface area contributed by atoms with Crippen LogP contribution in [0.25, 0.3) is 0 Å². The molecule has 1 atom stereocenters. The molecular formula is C23H25NO5. The molecule has 0 saturated carbocycles. The van der Waals surface area contributed by atoms with Gasteiger partial charge in [-0.05, 0) is 23.3 Å². The van der Waals surface area contributed by atoms with E-state index in [2.05, 4.69) is 0 Å². The lowest BCUT2D eigenvalue weighted by Crippen LogP contribution is -2.32. The second-order valence-corrected chi connectivity index (χ2v) is 8.09. The summed E-state index contributed by atoms with van der Waals surface area (Å²) in [6.45, 7) is 5.45. The van der Waals surface area contributed by atoms with E-state index in [1.807, 2.05) is 30.3 Å². The Balaban J connectivity index is 2.14. The molecule has 0 unspecified atom stereocenters. The number of benzene rings is 2. The molecule has 1 amide bonds. The summed E-state index contributed by atoms with van der Waals surface area (Å²) in [4.78, 5) is 27.6. The minimum absolute atomic E-state index is 0.0490. The fraction of sp³-hybridized carbons (Fsp3) is 0.304. The first-order valence-electron chi connectivity index (χ1n) is 9.35. The molecule has 1 heterocycles. The SMILES string of the molecule is COc1cc([C@@H]2C(C(=O)C(C)(C)C)=C(O)C(=O)N2Cc2ccccc2)ccc1O. The van der Waals surface area contributed by atoms with E-state index in [-0.39, 0.29) is 29.4 Å². The summed E-state index contributed by atoms with van der Waals surface area (Å²) >= 11 is 0. The zero-order chi connectivity index (χ0) is 21.3. The van der Waals surface area contributed by atoms with E-state index in [0.717, 1.165) is 5.56 Å². The summed E-state index contributed by atoms with van der Waals surface area (Å²) in [5.41, 5.74) is 0.714. The Kier molecular flexibility index (Phi) is 5.38. The van der Waals surface area contributed by atoms with Crippen molar-refractivity contribution in [1.82, 2.24) is 4.90 Å². The highest BCUT2D eigenvalue weighted by Gasteiger charge is 2.46. The first kappa shape index (κ1) is 20.5. The lowest BCUT2D eigenvalue weighted by Gasteiger charge is -2.29. The third-order valence-corrected chi connectivity index (χ3v) is 4.94. The van der Waals surface area contributed by atoms with Crippen molar-refractivity contribution in [2.45, 2.75) is 33.4 Å². The molecule has 152 valence electrons. The van der Waals surface area contributed by atoms with Gasteiger partial charge in [-0.25, -0.2) is 0 Å². The fourth-order valence-corrected chi connectivity index (χ4v) is 3.44. The summed E-state index contributed by atoms with van der Waals surface area (Å²) in [6, 6.07) is 13.2. The molecular weight excluding hydrogens is 370 g/mol. The van der Waals surface area contributed by atoms with Crippen molar-refractivity contribution in [1.29, 1.82) is 0 Å². The average Bonchev–Trinajstić information content (AvgIpc) is 2.92. The van der Waals surface area contributed by atoms with Crippen LogP contribution in [0.4, 0.5) is 0 Å². The maximum absolute atomic E-state index is 13.1. The van der Waals surface area contributed by atoms with Crippen molar-refractivity contribution in [3.8, 4) is 11.5 Å². The number of hydrogen-bond acceptors (Lipinski definition) is 5. The fourth-order valence-electron chi connectivity index (χ4n) is 3.44. The Labute approximate surface area is 170 Å². The third kappa shape index (κ3) is 3.83. The minimum Gasteiger partial charge on any atom is -0.504 e. The standard InChI is InChI=1S/C23H25NO5/c1-23(2,3)21(27)18-19(15-10-11-16(25)17(12-15)29-4)24(22(28)20(18)26)13-14-8-6-5-7-9-14/h5-12,19,25-26H,13H2,1-4H3/t19-/m1/s1. The summed E-state index contributed by atoms with van der Waals surface area (Å²) in [5, 5.41) is 20.6. The molecule has 2 aromatic carbocycles. The Morgan fingerprint density at radius 1 is 1.10 bits per heavy atom. The number of phenolic OH excluding ortho intramolecular Hbond substituents is 1. The van der Waals surface area contributed by atoms with E-state index in [0.29, 0.717) is 5.56 Å². The number of nitrogens with zero attached hydrogens (tertiary/aromatic N) is 1. The van der Waals surface area contributed by atoms with Crippen LogP contribution in [0.2, 0.25) is 0 Å². The monoisotopic (exact) mass is 395 g/mol. The smallest absolute Gasteiger partial charge is 0.290 e. The number of carbonyl (C=O) groups is 2. The Bertz CT molecular complexity index is 973. The van der Waals surface area contributed by atoms with Gasteiger partial charge in [-0.1, -0.05) is 57.2 Å². The van der Waals surface area contributed by atoms with Crippen LogP contribution in [-0.4, -0.2) is 33.9 Å². The van der Waals surface area contributed by atoms with Gasteiger partial charge in [0.05, 0.1) is 18.7 Å². The molecule has 0 aromatic heterocycles. The van der Waals surface area contributed by atoms with Crippen molar-refractivity contribution in [2.75, 3.05) is 7.11 Å². The van der Waals surface area contributed by atoms with Crippen LogP contribution in [0, 0.1) is 5.41 Å². The van der Waals surface area contributed by atoms with Crippen LogP contribution in [-0.2, 0) is 16.1 Å². The van der Waals surface area contributed by atoms with Gasteiger partial charge < -0.3 is 19.8 Å². The van der Waals surface area contributed by atoms with Gasteiger partial charge in [0, 0.05) is 12.0 Å². The maximum Gasteiger partial charge on any atom is 0.290 e. The predicted molar refractivity (Wildman–Crippen MR) is 109 cm³/mol. The number of aliphatic hydroxyl groups excluding tert-OH is 1. The summed E-state index contributed by atoms with van der Waals surface area (Å²) in [6.07, 6.45) is 0. The molecule has 29 heavy (non-hydrogen) atoms. The third-order valence-electron chi connectivity index (χ3n) is 4.94. The van der Waals surface area contributed by atoms with Crippen molar-refractivity contribution in [3.05, 3.63) is 71.0 Å². The molecule has 0 spiro atoms. The van der Waals surface area contributed by atoms with Gasteiger partial charge in [-0.2, -0.15) is 0 Å². The molecule has 6 heteroatoms. The van der Waals surface area contributed by atoms with Crippen LogP contribution in [0.15, 0.2) is 59.9 Å². The number of methoxy groups -OCH3 is 1. The lowest BCUT2D eigenvalue weighted by molar-refractivity contribution is -0.130. The minimum atomic E-state index is -0.788. The van der Waals surface area contributed by atoms with Gasteiger partial charge >= 0.3 is 0 Å². The van der Waals surface area contributed by atoms with Crippen LogP contribution in [0.5, 0.6) is 11.5 Å². The number of amides is 1. The number of ether oxygens (including phenoxy) is 1. The summed E-state index contributed by atoms with van der Waals surface area (Å²) in [5.74, 6) is -1.26. The van der Waals surface area contributed by atoms with Crippen LogP contribution >= 0.6 is 0 Å². The van der Waals surface area contributed by atoms with E-state index in [1.165, 1.54) is 18.1 Å². The summed E-state index contributed by atoms with van der Waals surface area (Å²) in [7, 11) is 1.43. The van der Waals surface area contributed by atoms with Gasteiger partial charge in [0.15, 0.2) is 23.0 Å². The number of Topliss-reactive ketones (excluding diaryl/α,β-unsaturated/α-hetero) is 1. The van der Waals surface area contributed by atoms with Gasteiger partial charge in [-0.3, -0.25) is 9.59 Å². The molecule has 2 aromatic rings. The molecule has 0 radical (unpaired) electrons. The van der Waals surface area contributed by atoms with E-state index in [9.17, 15) is 19.8 Å². The number of ketones is 1. The molecule has 0 saturated heterocycles. The van der Waals surface area contributed by atoms with E-state index in [4.69, 9.17) is 4.74 Å². The molecule has 2 N–H and O–H groups in total. The molecule has 6 nitrogen and oxygen atoms in total. The average molecular weight is 395 g/mol. The topological polar surface area (TPSA) is 87.1 Å². The Morgan fingerprint density at radius 3 is 2.34 bits per heavy atom. The number of hydrogen-bond donors (Lipinski definition) is 2. The first-order chi connectivity index (χ1) is 13.6. The second-order valence-electron chi connectivity index (χ2n) is 8.09. The highest BCUT2D eigenvalue weighted by Crippen LogP contribution is 2.43. The Hall–Kier alpha value is -3.28. The van der Waals surface area contributed by atoms with Crippen LogP contribution in [0.1, 0.15) is 37.9 Å². The largest absolute Gasteiger partial charge is 0.504 e. The molecule has 1 aliphatic rings. The highest BCUT2D eigenvalue weighted by atomic mass is 16.5. The highest BCUT2D eigenvalue weighted by molar-refractivity contribution is 6.10. The zero-order valence-electron chi connectivity index (χ0n) is 17.0. The molecule has 0 fully saturated rings. The predicted octanol–water partition coefficient (Wildman–Crippen LogP) is 3.91. The quantitative estimate of drug-likeness (QED) is 0.801. The molecule has 3 rings (SSSR count). The molecule has 0 aliphatic carbocycles. The van der Waals surface area contributed by atoms with Crippen LogP contribution < -0.4 is 4.74 Å². The van der Waals surface area contributed by atoms with Crippen LogP contribution in [0.3, 0.4) is 0 Å². The second kappa shape index (κ2) is 7.62. The van der Waals surface area contributed by atoms with Crippen molar-refractivity contribution in [3.63, 3.8) is 0 Å². The zero-order valence-corrected chi connectivity index (χ0v) is 17.0. The van der Waals surface area contributed by atoms with Gasteiger partial charge in [0.25, 0.3) is 5.91 Å². The first-order valence-corrected chi connectivity index (χ1v) is 9.35. The molecule has 0 bridgehead atoms. The van der Waals surface area contributed by atoms with E-state index < -0.39 is 23.1 Å². The number of aliphatic hydroxyl groups is 1. The molecule has 1 aliphatic heterocycles. The number of aromatic hydroxyl groups is 1. The van der Waals surface area contributed by atoms with Crippen molar-refractivity contribution < 1.29 is 24.5 Å².